The number of aromatic nitrogens is 2. The van der Waals surface area contributed by atoms with Crippen LogP contribution in [0.5, 0.6) is 0 Å². The SMILES string of the molecule is NC(=O)c1cc2ccncc2nc1N. The standard InChI is InChI=1S/C9H8N4O/c10-8-6(9(11)14)3-5-1-2-12-4-7(5)13-8/h1-4H,(H2,10,13)(H2,11,14). The van der Waals surface area contributed by atoms with E-state index in [0.717, 1.165) is 5.39 Å². The Balaban J connectivity index is 2.77. The largest absolute Gasteiger partial charge is 0.383 e. The third-order valence-corrected chi connectivity index (χ3v) is 1.91. The van der Waals surface area contributed by atoms with E-state index in [0.29, 0.717) is 5.52 Å². The Morgan fingerprint density at radius 2 is 2.21 bits per heavy atom. The fraction of sp³-hybridized carbons (Fsp3) is 0. The highest BCUT2D eigenvalue weighted by atomic mass is 16.1. The molecule has 2 heterocycles. The summed E-state index contributed by atoms with van der Waals surface area (Å²) in [5.41, 5.74) is 11.6. The lowest BCUT2D eigenvalue weighted by molar-refractivity contribution is 0.100. The number of nitrogens with zero attached hydrogens (tertiary/aromatic N) is 2. The van der Waals surface area contributed by atoms with Crippen LogP contribution in [0.1, 0.15) is 10.4 Å². The van der Waals surface area contributed by atoms with Gasteiger partial charge in [-0.15, -0.1) is 0 Å². The fourth-order valence-electron chi connectivity index (χ4n) is 1.23. The van der Waals surface area contributed by atoms with Crippen molar-refractivity contribution in [3.63, 3.8) is 0 Å². The highest BCUT2D eigenvalue weighted by Crippen LogP contribution is 2.16. The lowest BCUT2D eigenvalue weighted by Gasteiger charge is -2.02. The topological polar surface area (TPSA) is 94.9 Å². The van der Waals surface area contributed by atoms with Gasteiger partial charge in [-0.25, -0.2) is 4.98 Å². The van der Waals surface area contributed by atoms with Crippen LogP contribution in [-0.2, 0) is 0 Å². The maximum absolute atomic E-state index is 11.0. The number of carbonyl (C=O) groups excluding carboxylic acids is 1. The van der Waals surface area contributed by atoms with Gasteiger partial charge in [-0.05, 0) is 12.1 Å². The molecule has 4 N–H and O–H groups in total. The Morgan fingerprint density at radius 1 is 1.43 bits per heavy atom. The van der Waals surface area contributed by atoms with Gasteiger partial charge in [0.05, 0.1) is 17.3 Å². The van der Waals surface area contributed by atoms with Crippen molar-refractivity contribution in [3.8, 4) is 0 Å². The number of nitrogens with two attached hydrogens (primary N) is 2. The van der Waals surface area contributed by atoms with Crippen molar-refractivity contribution in [2.24, 2.45) is 5.73 Å². The molecule has 0 radical (unpaired) electrons. The number of rotatable bonds is 1. The molecule has 0 aliphatic carbocycles. The molecular weight excluding hydrogens is 180 g/mol. The summed E-state index contributed by atoms with van der Waals surface area (Å²) < 4.78 is 0. The molecule has 2 aromatic heterocycles. The maximum Gasteiger partial charge on any atom is 0.252 e. The second-order valence-electron chi connectivity index (χ2n) is 2.85. The van der Waals surface area contributed by atoms with E-state index in [-0.39, 0.29) is 11.4 Å². The van der Waals surface area contributed by atoms with Crippen LogP contribution >= 0.6 is 0 Å². The van der Waals surface area contributed by atoms with Crippen LogP contribution in [0.2, 0.25) is 0 Å². The summed E-state index contributed by atoms with van der Waals surface area (Å²) in [4.78, 5) is 18.9. The average molecular weight is 188 g/mol. The first kappa shape index (κ1) is 8.43. The van der Waals surface area contributed by atoms with Gasteiger partial charge in [0.25, 0.3) is 5.91 Å². The number of fused-ring (bicyclic) bond motifs is 1. The minimum atomic E-state index is -0.575. The van der Waals surface area contributed by atoms with E-state index in [9.17, 15) is 4.79 Å². The van der Waals surface area contributed by atoms with Crippen LogP contribution in [0, 0.1) is 0 Å². The summed E-state index contributed by atoms with van der Waals surface area (Å²) in [7, 11) is 0. The molecule has 0 fully saturated rings. The highest BCUT2D eigenvalue weighted by molar-refractivity contribution is 6.00. The number of hydrogen-bond acceptors (Lipinski definition) is 4. The monoisotopic (exact) mass is 188 g/mol. The lowest BCUT2D eigenvalue weighted by Crippen LogP contribution is -2.14. The predicted molar refractivity (Wildman–Crippen MR) is 52.5 cm³/mol. The molecule has 0 aliphatic heterocycles. The highest BCUT2D eigenvalue weighted by Gasteiger charge is 2.08. The van der Waals surface area contributed by atoms with E-state index in [2.05, 4.69) is 9.97 Å². The van der Waals surface area contributed by atoms with Crippen molar-refractivity contribution in [3.05, 3.63) is 30.1 Å². The van der Waals surface area contributed by atoms with Gasteiger partial charge >= 0.3 is 0 Å². The number of pyridine rings is 2. The van der Waals surface area contributed by atoms with Crippen LogP contribution in [0.3, 0.4) is 0 Å². The molecule has 2 rings (SSSR count). The second-order valence-corrected chi connectivity index (χ2v) is 2.85. The maximum atomic E-state index is 11.0. The zero-order valence-electron chi connectivity index (χ0n) is 7.27. The number of anilines is 1. The molecule has 0 atom stereocenters. The van der Waals surface area contributed by atoms with Gasteiger partial charge in [-0.1, -0.05) is 0 Å². The number of nitrogen functional groups attached to an aromatic ring is 1. The number of hydrogen-bond donors (Lipinski definition) is 2. The normalized spacial score (nSPS) is 10.3. The van der Waals surface area contributed by atoms with Crippen LogP contribution in [0.4, 0.5) is 5.82 Å². The van der Waals surface area contributed by atoms with Gasteiger partial charge in [0.15, 0.2) is 0 Å². The van der Waals surface area contributed by atoms with Crippen LogP contribution in [0.15, 0.2) is 24.5 Å². The molecule has 5 heteroatoms. The Labute approximate surface area is 79.8 Å². The van der Waals surface area contributed by atoms with Gasteiger partial charge in [-0.3, -0.25) is 9.78 Å². The van der Waals surface area contributed by atoms with Gasteiger partial charge in [0.1, 0.15) is 5.82 Å². The fourth-order valence-corrected chi connectivity index (χ4v) is 1.23. The van der Waals surface area contributed by atoms with Crippen molar-refractivity contribution in [1.29, 1.82) is 0 Å². The minimum absolute atomic E-state index is 0.137. The first-order valence-electron chi connectivity index (χ1n) is 3.98. The minimum Gasteiger partial charge on any atom is -0.383 e. The second kappa shape index (κ2) is 2.95. The van der Waals surface area contributed by atoms with Crippen LogP contribution in [-0.4, -0.2) is 15.9 Å². The zero-order valence-corrected chi connectivity index (χ0v) is 7.27. The summed E-state index contributed by atoms with van der Waals surface area (Å²) in [6, 6.07) is 3.36. The first-order valence-corrected chi connectivity index (χ1v) is 3.98. The summed E-state index contributed by atoms with van der Waals surface area (Å²) in [6.07, 6.45) is 3.20. The molecule has 5 nitrogen and oxygen atoms in total. The number of carbonyl (C=O) groups is 1. The van der Waals surface area contributed by atoms with Crippen LogP contribution < -0.4 is 11.5 Å². The Hall–Kier alpha value is -2.17. The number of primary amides is 1. The van der Waals surface area contributed by atoms with Crippen molar-refractivity contribution < 1.29 is 4.79 Å². The van der Waals surface area contributed by atoms with Crippen molar-refractivity contribution in [2.45, 2.75) is 0 Å². The summed E-state index contributed by atoms with van der Waals surface area (Å²) in [5, 5.41) is 0.794. The first-order chi connectivity index (χ1) is 6.68. The van der Waals surface area contributed by atoms with E-state index in [1.165, 1.54) is 0 Å². The van der Waals surface area contributed by atoms with Crippen molar-refractivity contribution in [2.75, 3.05) is 5.73 Å². The van der Waals surface area contributed by atoms with Crippen LogP contribution in [0.25, 0.3) is 10.9 Å². The molecular formula is C9H8N4O. The molecule has 0 aliphatic rings. The molecule has 70 valence electrons. The summed E-state index contributed by atoms with van der Waals surface area (Å²) >= 11 is 0. The van der Waals surface area contributed by atoms with Gasteiger partial charge in [0.2, 0.25) is 0 Å². The molecule has 2 aromatic rings. The zero-order chi connectivity index (χ0) is 10.1. The Morgan fingerprint density at radius 3 is 2.93 bits per heavy atom. The third kappa shape index (κ3) is 1.24. The quantitative estimate of drug-likeness (QED) is 0.673. The van der Waals surface area contributed by atoms with E-state index in [1.807, 2.05) is 0 Å². The van der Waals surface area contributed by atoms with E-state index >= 15 is 0 Å². The average Bonchev–Trinajstić information content (AvgIpc) is 2.16. The van der Waals surface area contributed by atoms with E-state index < -0.39 is 5.91 Å². The Bertz CT molecular complexity index is 509. The van der Waals surface area contributed by atoms with Gasteiger partial charge in [-0.2, -0.15) is 0 Å². The lowest BCUT2D eigenvalue weighted by atomic mass is 10.2. The molecule has 0 aromatic carbocycles. The smallest absolute Gasteiger partial charge is 0.252 e. The molecule has 0 saturated carbocycles. The summed E-state index contributed by atoms with van der Waals surface area (Å²) in [5.74, 6) is -0.438. The number of amides is 1. The Kier molecular flexibility index (Phi) is 1.78. The molecule has 0 bridgehead atoms. The van der Waals surface area contributed by atoms with Gasteiger partial charge in [0, 0.05) is 11.6 Å². The van der Waals surface area contributed by atoms with Crippen molar-refractivity contribution >= 4 is 22.6 Å². The molecule has 0 spiro atoms. The van der Waals surface area contributed by atoms with E-state index in [1.54, 1.807) is 24.5 Å². The summed E-state index contributed by atoms with van der Waals surface area (Å²) in [6.45, 7) is 0. The molecule has 0 unspecified atom stereocenters. The molecule has 14 heavy (non-hydrogen) atoms. The van der Waals surface area contributed by atoms with Crippen molar-refractivity contribution in [1.82, 2.24) is 9.97 Å². The molecule has 0 saturated heterocycles. The van der Waals surface area contributed by atoms with E-state index in [4.69, 9.17) is 11.5 Å². The van der Waals surface area contributed by atoms with Gasteiger partial charge < -0.3 is 11.5 Å². The molecule has 1 amide bonds. The third-order valence-electron chi connectivity index (χ3n) is 1.91. The predicted octanol–water partition coefficient (Wildman–Crippen LogP) is 0.311.